The van der Waals surface area contributed by atoms with Crippen molar-refractivity contribution in [2.24, 2.45) is 0 Å². The molecule has 4 aromatic rings. The summed E-state index contributed by atoms with van der Waals surface area (Å²) in [6.07, 6.45) is 6.72. The van der Waals surface area contributed by atoms with Crippen LogP contribution >= 0.6 is 0 Å². The zero-order valence-electron chi connectivity index (χ0n) is 20.8. The molecule has 0 saturated heterocycles. The zero-order chi connectivity index (χ0) is 25.6. The molecular weight excluding hydrogens is 468 g/mol. The molecule has 37 heavy (non-hydrogen) atoms. The number of aryl methyl sites for hydroxylation is 1. The quantitative estimate of drug-likeness (QED) is 0.384. The standard InChI is InChI=1S/C28H30N6O3/c1-20-11-8-9-16-23(20)34(25(35)19-33-31-27(30-32-33)21-12-4-2-5-13-21)26(24-17-10-18-37-24)28(36)29-22-14-6-3-7-15-22/h2,4-5,8-13,16-18,22,26H,3,6-7,14-15,19H2,1H3,(H,29,36)/t26-/m1/s1. The molecule has 2 aromatic carbocycles. The normalized spacial score (nSPS) is 14.7. The molecule has 1 N–H and O–H groups in total. The highest BCUT2D eigenvalue weighted by molar-refractivity contribution is 6.01. The van der Waals surface area contributed by atoms with Crippen LogP contribution in [0.15, 0.2) is 77.4 Å². The van der Waals surface area contributed by atoms with Crippen molar-refractivity contribution in [2.45, 2.75) is 57.7 Å². The lowest BCUT2D eigenvalue weighted by molar-refractivity contribution is -0.128. The van der Waals surface area contributed by atoms with Gasteiger partial charge in [0.25, 0.3) is 11.8 Å². The number of aromatic nitrogens is 4. The molecular formula is C28H30N6O3. The average molecular weight is 499 g/mol. The van der Waals surface area contributed by atoms with Crippen LogP contribution in [0.1, 0.15) is 49.5 Å². The lowest BCUT2D eigenvalue weighted by Crippen LogP contribution is -2.48. The molecule has 5 rings (SSSR count). The number of para-hydroxylation sites is 1. The van der Waals surface area contributed by atoms with Gasteiger partial charge >= 0.3 is 0 Å². The minimum absolute atomic E-state index is 0.0814. The first-order valence-electron chi connectivity index (χ1n) is 12.6. The summed E-state index contributed by atoms with van der Waals surface area (Å²) >= 11 is 0. The van der Waals surface area contributed by atoms with Gasteiger partial charge in [0.1, 0.15) is 12.3 Å². The average Bonchev–Trinajstić information content (AvgIpc) is 3.61. The molecule has 9 nitrogen and oxygen atoms in total. The van der Waals surface area contributed by atoms with Crippen molar-refractivity contribution in [2.75, 3.05) is 4.90 Å². The topological polar surface area (TPSA) is 106 Å². The maximum Gasteiger partial charge on any atom is 0.251 e. The van der Waals surface area contributed by atoms with E-state index in [1.807, 2.05) is 61.5 Å². The van der Waals surface area contributed by atoms with Crippen LogP contribution in [0.2, 0.25) is 0 Å². The van der Waals surface area contributed by atoms with Crippen LogP contribution < -0.4 is 10.2 Å². The van der Waals surface area contributed by atoms with E-state index in [-0.39, 0.29) is 24.4 Å². The summed E-state index contributed by atoms with van der Waals surface area (Å²) in [5.41, 5.74) is 2.28. The van der Waals surface area contributed by atoms with Crippen molar-refractivity contribution >= 4 is 17.5 Å². The van der Waals surface area contributed by atoms with Crippen LogP contribution in [0.25, 0.3) is 11.4 Å². The molecule has 1 saturated carbocycles. The molecule has 1 aliphatic carbocycles. The number of tetrazole rings is 1. The predicted octanol–water partition coefficient (Wildman–Crippen LogP) is 4.46. The molecule has 0 spiro atoms. The molecule has 2 heterocycles. The Labute approximate surface area is 215 Å². The Morgan fingerprint density at radius 1 is 1.03 bits per heavy atom. The molecule has 0 unspecified atom stereocenters. The molecule has 0 aliphatic heterocycles. The fourth-order valence-corrected chi connectivity index (χ4v) is 4.81. The van der Waals surface area contributed by atoms with Gasteiger partial charge in [0.2, 0.25) is 5.82 Å². The number of furan rings is 1. The van der Waals surface area contributed by atoms with Crippen molar-refractivity contribution in [1.29, 1.82) is 0 Å². The third-order valence-corrected chi connectivity index (χ3v) is 6.68. The summed E-state index contributed by atoms with van der Waals surface area (Å²) in [4.78, 5) is 30.4. The second-order valence-electron chi connectivity index (χ2n) is 9.32. The first-order chi connectivity index (χ1) is 18.1. The Morgan fingerprint density at radius 2 is 1.78 bits per heavy atom. The van der Waals surface area contributed by atoms with E-state index < -0.39 is 6.04 Å². The van der Waals surface area contributed by atoms with Crippen molar-refractivity contribution in [1.82, 2.24) is 25.5 Å². The number of hydrogen-bond acceptors (Lipinski definition) is 6. The fourth-order valence-electron chi connectivity index (χ4n) is 4.81. The zero-order valence-corrected chi connectivity index (χ0v) is 20.8. The van der Waals surface area contributed by atoms with Gasteiger partial charge < -0.3 is 9.73 Å². The van der Waals surface area contributed by atoms with E-state index in [1.54, 1.807) is 12.1 Å². The Morgan fingerprint density at radius 3 is 2.51 bits per heavy atom. The number of carbonyl (C=O) groups is 2. The molecule has 1 fully saturated rings. The summed E-state index contributed by atoms with van der Waals surface area (Å²) in [6.45, 7) is 1.72. The summed E-state index contributed by atoms with van der Waals surface area (Å²) < 4.78 is 5.71. The molecule has 2 amide bonds. The summed E-state index contributed by atoms with van der Waals surface area (Å²) in [5, 5.41) is 15.8. The third-order valence-electron chi connectivity index (χ3n) is 6.68. The van der Waals surface area contributed by atoms with Crippen molar-refractivity contribution in [3.63, 3.8) is 0 Å². The Kier molecular flexibility index (Phi) is 7.39. The van der Waals surface area contributed by atoms with Gasteiger partial charge in [-0.3, -0.25) is 14.5 Å². The van der Waals surface area contributed by atoms with Gasteiger partial charge in [-0.25, -0.2) is 0 Å². The van der Waals surface area contributed by atoms with Crippen molar-refractivity contribution in [3.8, 4) is 11.4 Å². The first-order valence-corrected chi connectivity index (χ1v) is 12.6. The third kappa shape index (κ3) is 5.61. The maximum atomic E-state index is 13.9. The van der Waals surface area contributed by atoms with Crippen LogP contribution in [0.4, 0.5) is 5.69 Å². The van der Waals surface area contributed by atoms with Crippen LogP contribution in [0.3, 0.4) is 0 Å². The van der Waals surface area contributed by atoms with E-state index in [2.05, 4.69) is 20.7 Å². The smallest absolute Gasteiger partial charge is 0.251 e. The summed E-state index contributed by atoms with van der Waals surface area (Å²) in [6, 6.07) is 19.5. The van der Waals surface area contributed by atoms with Gasteiger partial charge in [0, 0.05) is 17.3 Å². The Hall–Kier alpha value is -4.27. The highest BCUT2D eigenvalue weighted by Crippen LogP contribution is 2.32. The van der Waals surface area contributed by atoms with Crippen LogP contribution in [0.5, 0.6) is 0 Å². The van der Waals surface area contributed by atoms with Crippen LogP contribution in [-0.4, -0.2) is 38.1 Å². The number of rotatable bonds is 8. The van der Waals surface area contributed by atoms with E-state index in [1.165, 1.54) is 22.4 Å². The SMILES string of the molecule is Cc1ccccc1N(C(=O)Cn1nnc(-c2ccccc2)n1)[C@@H](C(=O)NC1CCCCC1)c1ccco1. The van der Waals surface area contributed by atoms with Crippen LogP contribution in [-0.2, 0) is 16.1 Å². The summed E-state index contributed by atoms with van der Waals surface area (Å²) in [5.74, 6) is 0.191. The van der Waals surface area contributed by atoms with Gasteiger partial charge in [-0.1, -0.05) is 67.8 Å². The van der Waals surface area contributed by atoms with Gasteiger partial charge in [-0.05, 0) is 48.7 Å². The second-order valence-corrected chi connectivity index (χ2v) is 9.32. The first kappa shape index (κ1) is 24.4. The molecule has 1 atom stereocenters. The number of carbonyl (C=O) groups excluding carboxylic acids is 2. The van der Waals surface area contributed by atoms with Gasteiger partial charge in [0.15, 0.2) is 6.04 Å². The molecule has 190 valence electrons. The molecule has 9 heteroatoms. The van der Waals surface area contributed by atoms with Gasteiger partial charge in [-0.2, -0.15) is 4.80 Å². The Balaban J connectivity index is 1.48. The lowest BCUT2D eigenvalue weighted by Gasteiger charge is -2.32. The van der Waals surface area contributed by atoms with E-state index in [9.17, 15) is 9.59 Å². The molecule has 1 aliphatic rings. The van der Waals surface area contributed by atoms with E-state index >= 15 is 0 Å². The number of nitrogens with zero attached hydrogens (tertiary/aromatic N) is 5. The number of benzene rings is 2. The van der Waals surface area contributed by atoms with Crippen molar-refractivity contribution in [3.05, 3.63) is 84.3 Å². The predicted molar refractivity (Wildman–Crippen MR) is 138 cm³/mol. The van der Waals surface area contributed by atoms with Crippen LogP contribution in [0, 0.1) is 6.92 Å². The highest BCUT2D eigenvalue weighted by Gasteiger charge is 2.36. The number of hydrogen-bond donors (Lipinski definition) is 1. The maximum absolute atomic E-state index is 13.9. The minimum Gasteiger partial charge on any atom is -0.467 e. The molecule has 0 bridgehead atoms. The fraction of sp³-hybridized carbons (Fsp3) is 0.321. The van der Waals surface area contributed by atoms with E-state index in [0.717, 1.165) is 36.8 Å². The lowest BCUT2D eigenvalue weighted by atomic mass is 9.95. The number of amides is 2. The Bertz CT molecular complexity index is 1330. The number of anilines is 1. The highest BCUT2D eigenvalue weighted by atomic mass is 16.3. The number of nitrogens with one attached hydrogen (secondary N) is 1. The summed E-state index contributed by atoms with van der Waals surface area (Å²) in [7, 11) is 0. The van der Waals surface area contributed by atoms with Gasteiger partial charge in [0.05, 0.1) is 6.26 Å². The largest absolute Gasteiger partial charge is 0.467 e. The molecule has 0 radical (unpaired) electrons. The van der Waals surface area contributed by atoms with Crippen molar-refractivity contribution < 1.29 is 14.0 Å². The van der Waals surface area contributed by atoms with E-state index in [0.29, 0.717) is 17.3 Å². The minimum atomic E-state index is -0.984. The van der Waals surface area contributed by atoms with Gasteiger partial charge in [-0.15, -0.1) is 10.2 Å². The second kappa shape index (κ2) is 11.2. The monoisotopic (exact) mass is 498 g/mol. The molecule has 2 aromatic heterocycles. The van der Waals surface area contributed by atoms with E-state index in [4.69, 9.17) is 4.42 Å².